The van der Waals surface area contributed by atoms with Gasteiger partial charge in [-0.3, -0.25) is 4.79 Å². The Morgan fingerprint density at radius 2 is 2.35 bits per heavy atom. The zero-order valence-corrected chi connectivity index (χ0v) is 11.9. The second kappa shape index (κ2) is 6.15. The third-order valence-corrected chi connectivity index (χ3v) is 3.96. The highest BCUT2D eigenvalue weighted by Gasteiger charge is 2.20. The van der Waals surface area contributed by atoms with Crippen LogP contribution in [0.25, 0.3) is 0 Å². The Morgan fingerprint density at radius 1 is 1.45 bits per heavy atom. The summed E-state index contributed by atoms with van der Waals surface area (Å²) < 4.78 is 1.58. The number of carbonyl (C=O) groups is 1. The molecule has 20 heavy (non-hydrogen) atoms. The van der Waals surface area contributed by atoms with E-state index in [1.165, 1.54) is 12.8 Å². The van der Waals surface area contributed by atoms with Gasteiger partial charge in [0.1, 0.15) is 6.54 Å². The maximum atomic E-state index is 11.8. The van der Waals surface area contributed by atoms with Gasteiger partial charge in [-0.2, -0.15) is 0 Å². The molecule has 6 nitrogen and oxygen atoms in total. The molecule has 1 saturated carbocycles. The molecule has 0 bridgehead atoms. The van der Waals surface area contributed by atoms with Crippen molar-refractivity contribution in [3.05, 3.63) is 34.3 Å². The van der Waals surface area contributed by atoms with E-state index >= 15 is 0 Å². The third kappa shape index (κ3) is 3.88. The maximum absolute atomic E-state index is 11.8. The smallest absolute Gasteiger partial charge is 0.242 e. The lowest BCUT2D eigenvalue weighted by molar-refractivity contribution is -0.122. The molecule has 2 aromatic heterocycles. The minimum absolute atomic E-state index is 0.0509. The summed E-state index contributed by atoms with van der Waals surface area (Å²) in [5, 5.41) is 16.3. The molecule has 1 aliphatic rings. The first-order valence-electron chi connectivity index (χ1n) is 6.71. The molecular weight excluding hydrogens is 274 g/mol. The van der Waals surface area contributed by atoms with Crippen LogP contribution < -0.4 is 10.6 Å². The minimum Gasteiger partial charge on any atom is -0.350 e. The van der Waals surface area contributed by atoms with E-state index in [2.05, 4.69) is 20.9 Å². The highest BCUT2D eigenvalue weighted by molar-refractivity contribution is 7.09. The van der Waals surface area contributed by atoms with Crippen molar-refractivity contribution < 1.29 is 4.79 Å². The SMILES string of the molecule is O=C(Cn1cc(CNC2CC2)nn1)NCc1cccs1. The number of thiophene rings is 1. The van der Waals surface area contributed by atoms with E-state index in [9.17, 15) is 4.79 Å². The molecular formula is C13H17N5OS. The quantitative estimate of drug-likeness (QED) is 0.795. The summed E-state index contributed by atoms with van der Waals surface area (Å²) >= 11 is 1.63. The molecule has 2 aromatic rings. The number of hydrogen-bond acceptors (Lipinski definition) is 5. The van der Waals surface area contributed by atoms with Crippen LogP contribution in [-0.4, -0.2) is 26.9 Å². The zero-order chi connectivity index (χ0) is 13.8. The van der Waals surface area contributed by atoms with Crippen molar-refractivity contribution in [3.8, 4) is 0 Å². The summed E-state index contributed by atoms with van der Waals surface area (Å²) in [5.74, 6) is -0.0509. The monoisotopic (exact) mass is 291 g/mol. The molecule has 3 rings (SSSR count). The number of aromatic nitrogens is 3. The van der Waals surface area contributed by atoms with Crippen molar-refractivity contribution in [2.45, 2.75) is 38.5 Å². The first-order valence-corrected chi connectivity index (χ1v) is 7.59. The lowest BCUT2D eigenvalue weighted by Crippen LogP contribution is -2.27. The average Bonchev–Trinajstić information content (AvgIpc) is 2.94. The Kier molecular flexibility index (Phi) is 4.08. The summed E-state index contributed by atoms with van der Waals surface area (Å²) in [5.41, 5.74) is 0.878. The Balaban J connectivity index is 1.43. The second-order valence-corrected chi connectivity index (χ2v) is 5.95. The lowest BCUT2D eigenvalue weighted by Gasteiger charge is -2.03. The molecule has 106 valence electrons. The second-order valence-electron chi connectivity index (χ2n) is 4.92. The van der Waals surface area contributed by atoms with Crippen molar-refractivity contribution in [1.82, 2.24) is 25.6 Å². The van der Waals surface area contributed by atoms with Crippen LogP contribution >= 0.6 is 11.3 Å². The van der Waals surface area contributed by atoms with E-state index in [0.717, 1.165) is 17.1 Å². The minimum atomic E-state index is -0.0509. The topological polar surface area (TPSA) is 71.8 Å². The van der Waals surface area contributed by atoms with Gasteiger partial charge in [-0.25, -0.2) is 4.68 Å². The number of carbonyl (C=O) groups excluding carboxylic acids is 1. The highest BCUT2D eigenvalue weighted by atomic mass is 32.1. The Hall–Kier alpha value is -1.73. The summed E-state index contributed by atoms with van der Waals surface area (Å²) in [6.07, 6.45) is 4.32. The van der Waals surface area contributed by atoms with Gasteiger partial charge in [0.25, 0.3) is 0 Å². The fourth-order valence-corrected chi connectivity index (χ4v) is 2.48. The predicted molar refractivity (Wildman–Crippen MR) is 76.0 cm³/mol. The van der Waals surface area contributed by atoms with Crippen LogP contribution in [-0.2, 0) is 24.4 Å². The van der Waals surface area contributed by atoms with Gasteiger partial charge in [0, 0.05) is 17.5 Å². The Morgan fingerprint density at radius 3 is 3.10 bits per heavy atom. The van der Waals surface area contributed by atoms with Crippen LogP contribution in [0.1, 0.15) is 23.4 Å². The van der Waals surface area contributed by atoms with E-state index in [1.807, 2.05) is 23.7 Å². The molecule has 0 saturated heterocycles. The molecule has 1 fully saturated rings. The fraction of sp³-hybridized carbons (Fsp3) is 0.462. The number of hydrogen-bond donors (Lipinski definition) is 2. The molecule has 0 unspecified atom stereocenters. The molecule has 1 amide bonds. The molecule has 0 atom stereocenters. The molecule has 2 heterocycles. The predicted octanol–water partition coefficient (Wildman–Crippen LogP) is 0.908. The molecule has 0 aliphatic heterocycles. The molecule has 1 aliphatic carbocycles. The Bertz CT molecular complexity index is 561. The molecule has 0 spiro atoms. The number of nitrogens with zero attached hydrogens (tertiary/aromatic N) is 3. The summed E-state index contributed by atoms with van der Waals surface area (Å²) in [6.45, 7) is 1.50. The number of rotatable bonds is 7. The average molecular weight is 291 g/mol. The van der Waals surface area contributed by atoms with E-state index in [4.69, 9.17) is 0 Å². The standard InChI is InChI=1S/C13H17N5OS/c19-13(15-7-12-2-1-5-20-12)9-18-8-11(16-17-18)6-14-10-3-4-10/h1-2,5,8,10,14H,3-4,6-7,9H2,(H,15,19). The van der Waals surface area contributed by atoms with E-state index in [1.54, 1.807) is 16.0 Å². The van der Waals surface area contributed by atoms with E-state index < -0.39 is 0 Å². The van der Waals surface area contributed by atoms with Crippen LogP contribution in [0.5, 0.6) is 0 Å². The van der Waals surface area contributed by atoms with Crippen LogP contribution in [0, 0.1) is 0 Å². The number of nitrogens with one attached hydrogen (secondary N) is 2. The Labute approximate surface area is 121 Å². The first-order chi connectivity index (χ1) is 9.79. The normalized spacial score (nSPS) is 14.4. The highest BCUT2D eigenvalue weighted by Crippen LogP contribution is 2.18. The number of amides is 1. The fourth-order valence-electron chi connectivity index (χ4n) is 1.84. The largest absolute Gasteiger partial charge is 0.350 e. The molecule has 0 aromatic carbocycles. The van der Waals surface area contributed by atoms with Crippen molar-refractivity contribution >= 4 is 17.2 Å². The van der Waals surface area contributed by atoms with Crippen LogP contribution in [0.15, 0.2) is 23.7 Å². The summed E-state index contributed by atoms with van der Waals surface area (Å²) in [7, 11) is 0. The van der Waals surface area contributed by atoms with Gasteiger partial charge in [0.2, 0.25) is 5.91 Å². The van der Waals surface area contributed by atoms with Gasteiger partial charge < -0.3 is 10.6 Å². The first kappa shape index (κ1) is 13.3. The zero-order valence-electron chi connectivity index (χ0n) is 11.1. The van der Waals surface area contributed by atoms with Crippen molar-refractivity contribution in [1.29, 1.82) is 0 Å². The van der Waals surface area contributed by atoms with Crippen LogP contribution in [0.3, 0.4) is 0 Å². The maximum Gasteiger partial charge on any atom is 0.242 e. The van der Waals surface area contributed by atoms with Crippen molar-refractivity contribution in [2.75, 3.05) is 0 Å². The van der Waals surface area contributed by atoms with E-state index in [-0.39, 0.29) is 12.5 Å². The summed E-state index contributed by atoms with van der Waals surface area (Å²) in [4.78, 5) is 12.9. The van der Waals surface area contributed by atoms with Crippen molar-refractivity contribution in [2.24, 2.45) is 0 Å². The molecule has 0 radical (unpaired) electrons. The molecule has 7 heteroatoms. The van der Waals surface area contributed by atoms with Crippen LogP contribution in [0.4, 0.5) is 0 Å². The van der Waals surface area contributed by atoms with Gasteiger partial charge in [0.15, 0.2) is 0 Å². The lowest BCUT2D eigenvalue weighted by atomic mass is 10.4. The molecule has 2 N–H and O–H groups in total. The van der Waals surface area contributed by atoms with Gasteiger partial charge in [-0.15, -0.1) is 16.4 Å². The summed E-state index contributed by atoms with van der Waals surface area (Å²) in [6, 6.07) is 4.62. The van der Waals surface area contributed by atoms with Gasteiger partial charge in [0.05, 0.1) is 18.4 Å². The van der Waals surface area contributed by atoms with E-state index in [0.29, 0.717) is 12.6 Å². The van der Waals surface area contributed by atoms with Gasteiger partial charge >= 0.3 is 0 Å². The van der Waals surface area contributed by atoms with Gasteiger partial charge in [-0.1, -0.05) is 11.3 Å². The third-order valence-electron chi connectivity index (χ3n) is 3.08. The van der Waals surface area contributed by atoms with Crippen molar-refractivity contribution in [3.63, 3.8) is 0 Å². The van der Waals surface area contributed by atoms with Gasteiger partial charge in [-0.05, 0) is 24.3 Å². The van der Waals surface area contributed by atoms with Crippen LogP contribution in [0.2, 0.25) is 0 Å².